The second-order valence-corrected chi connectivity index (χ2v) is 7.22. The van der Waals surface area contributed by atoms with Gasteiger partial charge in [-0.15, -0.1) is 11.3 Å². The van der Waals surface area contributed by atoms with Crippen molar-refractivity contribution in [1.82, 2.24) is 10.2 Å². The maximum atomic E-state index is 11.9. The third kappa shape index (κ3) is 4.74. The first-order valence-corrected chi connectivity index (χ1v) is 8.03. The highest BCUT2D eigenvalue weighted by atomic mass is 32.1. The Morgan fingerprint density at radius 2 is 2.24 bits per heavy atom. The fourth-order valence-corrected chi connectivity index (χ4v) is 2.86. The van der Waals surface area contributed by atoms with Gasteiger partial charge in [-0.3, -0.25) is 4.79 Å². The van der Waals surface area contributed by atoms with E-state index in [1.54, 1.807) is 4.90 Å². The number of carbonyl (C=O) groups excluding carboxylic acids is 2. The van der Waals surface area contributed by atoms with Crippen LogP contribution in [0.2, 0.25) is 0 Å². The van der Waals surface area contributed by atoms with Crippen molar-refractivity contribution in [2.45, 2.75) is 32.8 Å². The van der Waals surface area contributed by atoms with Crippen molar-refractivity contribution in [3.05, 3.63) is 22.4 Å². The zero-order chi connectivity index (χ0) is 15.5. The summed E-state index contributed by atoms with van der Waals surface area (Å²) in [5.74, 6) is 0.252. The summed E-state index contributed by atoms with van der Waals surface area (Å²) in [5, 5.41) is 4.81. The number of nitrogens with zero attached hydrogens (tertiary/aromatic N) is 1. The van der Waals surface area contributed by atoms with Crippen molar-refractivity contribution in [2.24, 2.45) is 5.92 Å². The van der Waals surface area contributed by atoms with E-state index in [1.807, 2.05) is 38.3 Å². The van der Waals surface area contributed by atoms with E-state index in [9.17, 15) is 9.59 Å². The summed E-state index contributed by atoms with van der Waals surface area (Å²) in [5.41, 5.74) is -0.470. The van der Waals surface area contributed by atoms with Gasteiger partial charge in [0.15, 0.2) is 0 Å². The number of amides is 2. The number of carbonyl (C=O) groups is 2. The van der Waals surface area contributed by atoms with Gasteiger partial charge >= 0.3 is 6.09 Å². The van der Waals surface area contributed by atoms with Crippen LogP contribution in [0.5, 0.6) is 0 Å². The second-order valence-electron chi connectivity index (χ2n) is 6.27. The molecular formula is C15H22N2O3S. The Kier molecular flexibility index (Phi) is 4.88. The van der Waals surface area contributed by atoms with Crippen molar-refractivity contribution in [3.8, 4) is 0 Å². The zero-order valence-electron chi connectivity index (χ0n) is 12.7. The highest BCUT2D eigenvalue weighted by Crippen LogP contribution is 2.19. The molecule has 1 N–H and O–H groups in total. The summed E-state index contributed by atoms with van der Waals surface area (Å²) in [7, 11) is 0. The van der Waals surface area contributed by atoms with E-state index in [-0.39, 0.29) is 12.0 Å². The molecule has 0 saturated carbocycles. The normalized spacial score (nSPS) is 18.6. The Morgan fingerprint density at radius 3 is 2.86 bits per heavy atom. The van der Waals surface area contributed by atoms with E-state index in [4.69, 9.17) is 4.74 Å². The van der Waals surface area contributed by atoms with Gasteiger partial charge in [0, 0.05) is 19.6 Å². The van der Waals surface area contributed by atoms with Crippen LogP contribution in [0.25, 0.3) is 0 Å². The molecule has 0 radical (unpaired) electrons. The van der Waals surface area contributed by atoms with Crippen LogP contribution in [-0.4, -0.2) is 42.1 Å². The quantitative estimate of drug-likeness (QED) is 0.934. The molecule has 1 aliphatic heterocycles. The molecule has 0 bridgehead atoms. The molecule has 1 aromatic heterocycles. The zero-order valence-corrected chi connectivity index (χ0v) is 13.5. The highest BCUT2D eigenvalue weighted by molar-refractivity contribution is 7.12. The highest BCUT2D eigenvalue weighted by Gasteiger charge is 2.29. The largest absolute Gasteiger partial charge is 0.444 e. The van der Waals surface area contributed by atoms with Crippen LogP contribution in [0.15, 0.2) is 17.5 Å². The molecule has 1 aromatic rings. The lowest BCUT2D eigenvalue weighted by atomic mass is 10.1. The lowest BCUT2D eigenvalue weighted by Gasteiger charge is -2.24. The van der Waals surface area contributed by atoms with Gasteiger partial charge < -0.3 is 15.0 Å². The summed E-state index contributed by atoms with van der Waals surface area (Å²) < 4.78 is 5.36. The molecule has 1 saturated heterocycles. The second kappa shape index (κ2) is 6.47. The fraction of sp³-hybridized carbons (Fsp3) is 0.600. The van der Waals surface area contributed by atoms with Crippen LogP contribution >= 0.6 is 11.3 Å². The monoisotopic (exact) mass is 310 g/mol. The molecule has 116 valence electrons. The van der Waals surface area contributed by atoms with Crippen molar-refractivity contribution >= 4 is 23.3 Å². The molecule has 1 fully saturated rings. The van der Waals surface area contributed by atoms with Crippen LogP contribution in [0.1, 0.15) is 36.9 Å². The number of ether oxygens (including phenoxy) is 1. The molecule has 2 rings (SSSR count). The van der Waals surface area contributed by atoms with Crippen LogP contribution < -0.4 is 5.32 Å². The predicted molar refractivity (Wildman–Crippen MR) is 82.6 cm³/mol. The third-order valence-corrected chi connectivity index (χ3v) is 4.10. The lowest BCUT2D eigenvalue weighted by molar-refractivity contribution is 0.0288. The van der Waals surface area contributed by atoms with E-state index in [0.717, 1.165) is 11.3 Å². The number of hydrogen-bond donors (Lipinski definition) is 1. The van der Waals surface area contributed by atoms with Gasteiger partial charge in [-0.2, -0.15) is 0 Å². The number of thiophene rings is 1. The van der Waals surface area contributed by atoms with Crippen LogP contribution in [0.4, 0.5) is 4.79 Å². The van der Waals surface area contributed by atoms with E-state index >= 15 is 0 Å². The predicted octanol–water partition coefficient (Wildman–Crippen LogP) is 2.73. The minimum atomic E-state index is -0.470. The van der Waals surface area contributed by atoms with E-state index in [0.29, 0.717) is 25.6 Å². The van der Waals surface area contributed by atoms with E-state index in [2.05, 4.69) is 5.32 Å². The van der Waals surface area contributed by atoms with E-state index in [1.165, 1.54) is 11.3 Å². The average molecular weight is 310 g/mol. The van der Waals surface area contributed by atoms with Gasteiger partial charge in [-0.25, -0.2) is 4.79 Å². The Balaban J connectivity index is 1.75. The fourth-order valence-electron chi connectivity index (χ4n) is 2.22. The summed E-state index contributed by atoms with van der Waals surface area (Å²) >= 11 is 1.43. The summed E-state index contributed by atoms with van der Waals surface area (Å²) in [6.07, 6.45) is 0.624. The summed E-state index contributed by atoms with van der Waals surface area (Å²) in [6.45, 7) is 7.50. The number of likely N-dealkylation sites (tertiary alicyclic amines) is 1. The maximum absolute atomic E-state index is 11.9. The van der Waals surface area contributed by atoms with Gasteiger partial charge in [0.25, 0.3) is 5.91 Å². The molecular weight excluding hydrogens is 288 g/mol. The maximum Gasteiger partial charge on any atom is 0.410 e. The summed E-state index contributed by atoms with van der Waals surface area (Å²) in [6, 6.07) is 3.67. The molecule has 21 heavy (non-hydrogen) atoms. The van der Waals surface area contributed by atoms with Crippen LogP contribution in [0.3, 0.4) is 0 Å². The van der Waals surface area contributed by atoms with Gasteiger partial charge in [0.2, 0.25) is 0 Å². The van der Waals surface area contributed by atoms with E-state index < -0.39 is 5.60 Å². The lowest BCUT2D eigenvalue weighted by Crippen LogP contribution is -2.36. The Bertz CT molecular complexity index is 494. The third-order valence-electron chi connectivity index (χ3n) is 3.23. The standard InChI is InChI=1S/C15H22N2O3S/c1-15(2,3)20-14(19)17-7-6-11(10-17)9-16-13(18)12-5-4-8-21-12/h4-5,8,11H,6-7,9-10H2,1-3H3,(H,16,18)/t11-/m0/s1. The smallest absolute Gasteiger partial charge is 0.410 e. The molecule has 0 unspecified atom stereocenters. The molecule has 2 amide bonds. The van der Waals surface area contributed by atoms with Gasteiger partial charge in [-0.1, -0.05) is 6.07 Å². The molecule has 2 heterocycles. The molecule has 5 nitrogen and oxygen atoms in total. The van der Waals surface area contributed by atoms with Gasteiger partial charge in [0.05, 0.1) is 4.88 Å². The molecule has 1 atom stereocenters. The molecule has 0 aliphatic carbocycles. The number of hydrogen-bond acceptors (Lipinski definition) is 4. The molecule has 0 aromatic carbocycles. The Morgan fingerprint density at radius 1 is 1.48 bits per heavy atom. The first-order valence-electron chi connectivity index (χ1n) is 7.15. The number of rotatable bonds is 3. The average Bonchev–Trinajstić information content (AvgIpc) is 3.05. The topological polar surface area (TPSA) is 58.6 Å². The van der Waals surface area contributed by atoms with Gasteiger partial charge in [0.1, 0.15) is 5.60 Å². The number of nitrogens with one attached hydrogen (secondary N) is 1. The van der Waals surface area contributed by atoms with Gasteiger partial charge in [-0.05, 0) is 44.6 Å². The first-order chi connectivity index (χ1) is 9.85. The van der Waals surface area contributed by atoms with Crippen molar-refractivity contribution in [3.63, 3.8) is 0 Å². The van der Waals surface area contributed by atoms with Crippen LogP contribution in [-0.2, 0) is 4.74 Å². The van der Waals surface area contributed by atoms with Crippen molar-refractivity contribution in [1.29, 1.82) is 0 Å². The Hall–Kier alpha value is -1.56. The SMILES string of the molecule is CC(C)(C)OC(=O)N1CC[C@@H](CNC(=O)c2cccs2)C1. The van der Waals surface area contributed by atoms with Crippen molar-refractivity contribution < 1.29 is 14.3 Å². The minimum Gasteiger partial charge on any atom is -0.444 e. The molecule has 1 aliphatic rings. The van der Waals surface area contributed by atoms with Crippen molar-refractivity contribution in [2.75, 3.05) is 19.6 Å². The minimum absolute atomic E-state index is 0.0410. The molecule has 0 spiro atoms. The molecule has 6 heteroatoms. The Labute approximate surface area is 129 Å². The summed E-state index contributed by atoms with van der Waals surface area (Å²) in [4.78, 5) is 26.2. The first kappa shape index (κ1) is 15.8. The van der Waals surface area contributed by atoms with Crippen LogP contribution in [0, 0.1) is 5.92 Å².